The van der Waals surface area contributed by atoms with Crippen LogP contribution < -0.4 is 0 Å². The number of cyclic esters (lactones) is 2. The maximum Gasteiger partial charge on any atom is 0.317 e. The van der Waals surface area contributed by atoms with Crippen molar-refractivity contribution in [2.75, 3.05) is 13.2 Å². The van der Waals surface area contributed by atoms with E-state index in [9.17, 15) is 9.59 Å². The minimum absolute atomic E-state index is 0.198. The standard InChI is InChI=1S/C9H12O4/c10-8-5-7(9(11)13-8)6-1-3-12-4-2-6/h6-7H,1-5H2. The molecule has 0 aliphatic carbocycles. The molecule has 0 radical (unpaired) electrons. The number of hydrogen-bond donors (Lipinski definition) is 0. The summed E-state index contributed by atoms with van der Waals surface area (Å²) in [6, 6.07) is 0. The van der Waals surface area contributed by atoms with Crippen LogP contribution in [0.5, 0.6) is 0 Å². The average Bonchev–Trinajstić information content (AvgIpc) is 2.47. The zero-order valence-electron chi connectivity index (χ0n) is 7.32. The second-order valence-electron chi connectivity index (χ2n) is 3.55. The van der Waals surface area contributed by atoms with Crippen molar-refractivity contribution in [2.45, 2.75) is 19.3 Å². The molecule has 0 spiro atoms. The Kier molecular flexibility index (Phi) is 2.31. The normalized spacial score (nSPS) is 30.6. The molecule has 4 heteroatoms. The molecule has 1 atom stereocenters. The van der Waals surface area contributed by atoms with Crippen LogP contribution in [0.2, 0.25) is 0 Å². The summed E-state index contributed by atoms with van der Waals surface area (Å²) in [5.41, 5.74) is 0. The molecule has 4 nitrogen and oxygen atoms in total. The first-order chi connectivity index (χ1) is 6.27. The van der Waals surface area contributed by atoms with E-state index in [1.165, 1.54) is 0 Å². The molecule has 0 N–H and O–H groups in total. The van der Waals surface area contributed by atoms with Crippen molar-refractivity contribution in [3.63, 3.8) is 0 Å². The second kappa shape index (κ2) is 3.46. The van der Waals surface area contributed by atoms with Gasteiger partial charge in [0.05, 0.1) is 12.3 Å². The molecule has 2 aliphatic heterocycles. The van der Waals surface area contributed by atoms with Gasteiger partial charge in [0.15, 0.2) is 0 Å². The quantitative estimate of drug-likeness (QED) is 0.440. The van der Waals surface area contributed by atoms with Crippen molar-refractivity contribution in [1.29, 1.82) is 0 Å². The van der Waals surface area contributed by atoms with Gasteiger partial charge in [0, 0.05) is 13.2 Å². The lowest BCUT2D eigenvalue weighted by Gasteiger charge is -2.24. The average molecular weight is 184 g/mol. The SMILES string of the molecule is O=C1CC(C2CCOCC2)C(=O)O1. The highest BCUT2D eigenvalue weighted by Gasteiger charge is 2.39. The summed E-state index contributed by atoms with van der Waals surface area (Å²) in [7, 11) is 0. The summed E-state index contributed by atoms with van der Waals surface area (Å²) in [5, 5.41) is 0. The Morgan fingerprint density at radius 1 is 1.15 bits per heavy atom. The number of carbonyl (C=O) groups excluding carboxylic acids is 2. The Bertz CT molecular complexity index is 230. The Morgan fingerprint density at radius 3 is 2.38 bits per heavy atom. The molecule has 13 heavy (non-hydrogen) atoms. The fourth-order valence-electron chi connectivity index (χ4n) is 1.97. The van der Waals surface area contributed by atoms with Gasteiger partial charge in [-0.25, -0.2) is 0 Å². The van der Waals surface area contributed by atoms with E-state index >= 15 is 0 Å². The molecule has 0 aromatic heterocycles. The molecular weight excluding hydrogens is 172 g/mol. The van der Waals surface area contributed by atoms with Crippen LogP contribution in [0.4, 0.5) is 0 Å². The molecule has 2 fully saturated rings. The van der Waals surface area contributed by atoms with E-state index in [2.05, 4.69) is 4.74 Å². The molecule has 0 bridgehead atoms. The Labute approximate surface area is 76.2 Å². The molecular formula is C9H12O4. The molecule has 2 rings (SSSR count). The van der Waals surface area contributed by atoms with Crippen molar-refractivity contribution >= 4 is 11.9 Å². The zero-order valence-corrected chi connectivity index (χ0v) is 7.32. The fourth-order valence-corrected chi connectivity index (χ4v) is 1.97. The maximum atomic E-state index is 11.2. The Hall–Kier alpha value is -0.900. The van der Waals surface area contributed by atoms with Gasteiger partial charge >= 0.3 is 11.9 Å². The molecule has 2 heterocycles. The monoisotopic (exact) mass is 184 g/mol. The van der Waals surface area contributed by atoms with Crippen LogP contribution in [0, 0.1) is 11.8 Å². The van der Waals surface area contributed by atoms with Gasteiger partial charge in [0.2, 0.25) is 0 Å². The van der Waals surface area contributed by atoms with Crippen LogP contribution in [0.15, 0.2) is 0 Å². The minimum atomic E-state index is -0.374. The topological polar surface area (TPSA) is 52.6 Å². The predicted molar refractivity (Wildman–Crippen MR) is 42.7 cm³/mol. The van der Waals surface area contributed by atoms with Crippen LogP contribution in [-0.2, 0) is 19.1 Å². The van der Waals surface area contributed by atoms with Gasteiger partial charge < -0.3 is 9.47 Å². The van der Waals surface area contributed by atoms with Crippen LogP contribution in [0.3, 0.4) is 0 Å². The van der Waals surface area contributed by atoms with Gasteiger partial charge in [-0.3, -0.25) is 9.59 Å². The largest absolute Gasteiger partial charge is 0.393 e. The minimum Gasteiger partial charge on any atom is -0.393 e. The molecule has 0 saturated carbocycles. The van der Waals surface area contributed by atoms with E-state index in [0.717, 1.165) is 12.8 Å². The highest BCUT2D eigenvalue weighted by Crippen LogP contribution is 2.31. The summed E-state index contributed by atoms with van der Waals surface area (Å²) < 4.78 is 9.69. The van der Waals surface area contributed by atoms with Crippen LogP contribution >= 0.6 is 0 Å². The molecule has 0 aromatic rings. The smallest absolute Gasteiger partial charge is 0.317 e. The number of ether oxygens (including phenoxy) is 2. The van der Waals surface area contributed by atoms with Crippen molar-refractivity contribution in [1.82, 2.24) is 0 Å². The third-order valence-electron chi connectivity index (χ3n) is 2.74. The lowest BCUT2D eigenvalue weighted by Crippen LogP contribution is -2.26. The van der Waals surface area contributed by atoms with E-state index < -0.39 is 0 Å². The fraction of sp³-hybridized carbons (Fsp3) is 0.778. The zero-order chi connectivity index (χ0) is 9.26. The highest BCUT2D eigenvalue weighted by atomic mass is 16.6. The molecule has 2 saturated heterocycles. The van der Waals surface area contributed by atoms with Gasteiger partial charge in [-0.15, -0.1) is 0 Å². The summed E-state index contributed by atoms with van der Waals surface area (Å²) in [5.74, 6) is -0.623. The van der Waals surface area contributed by atoms with E-state index in [4.69, 9.17) is 4.74 Å². The van der Waals surface area contributed by atoms with Gasteiger partial charge in [-0.1, -0.05) is 0 Å². The van der Waals surface area contributed by atoms with Gasteiger partial charge in [0.1, 0.15) is 0 Å². The van der Waals surface area contributed by atoms with Crippen molar-refractivity contribution < 1.29 is 19.1 Å². The second-order valence-corrected chi connectivity index (χ2v) is 3.55. The highest BCUT2D eigenvalue weighted by molar-refractivity contribution is 5.94. The predicted octanol–water partition coefficient (Wildman–Crippen LogP) is 0.503. The summed E-state index contributed by atoms with van der Waals surface area (Å²) in [6.45, 7) is 1.39. The first-order valence-electron chi connectivity index (χ1n) is 4.59. The lowest BCUT2D eigenvalue weighted by atomic mass is 9.85. The Balaban J connectivity index is 1.99. The maximum absolute atomic E-state index is 11.2. The van der Waals surface area contributed by atoms with Gasteiger partial charge in [-0.05, 0) is 18.8 Å². The van der Waals surface area contributed by atoms with Crippen molar-refractivity contribution in [3.8, 4) is 0 Å². The van der Waals surface area contributed by atoms with Crippen LogP contribution in [-0.4, -0.2) is 25.2 Å². The van der Waals surface area contributed by atoms with E-state index in [1.807, 2.05) is 0 Å². The number of esters is 2. The first kappa shape index (κ1) is 8.69. The molecule has 1 unspecified atom stereocenters. The van der Waals surface area contributed by atoms with Crippen molar-refractivity contribution in [2.24, 2.45) is 11.8 Å². The lowest BCUT2D eigenvalue weighted by molar-refractivity contribution is -0.153. The Morgan fingerprint density at radius 2 is 1.85 bits per heavy atom. The molecule has 2 aliphatic rings. The van der Waals surface area contributed by atoms with Crippen LogP contribution in [0.25, 0.3) is 0 Å². The summed E-state index contributed by atoms with van der Waals surface area (Å²) in [6.07, 6.45) is 2.00. The van der Waals surface area contributed by atoms with E-state index in [1.54, 1.807) is 0 Å². The van der Waals surface area contributed by atoms with Crippen LogP contribution in [0.1, 0.15) is 19.3 Å². The van der Waals surface area contributed by atoms with Crippen molar-refractivity contribution in [3.05, 3.63) is 0 Å². The third-order valence-corrected chi connectivity index (χ3v) is 2.74. The summed E-state index contributed by atoms with van der Waals surface area (Å²) in [4.78, 5) is 22.0. The molecule has 0 aromatic carbocycles. The number of rotatable bonds is 1. The van der Waals surface area contributed by atoms with E-state index in [-0.39, 0.29) is 30.2 Å². The van der Waals surface area contributed by atoms with E-state index in [0.29, 0.717) is 13.2 Å². The van der Waals surface area contributed by atoms with Gasteiger partial charge in [0.25, 0.3) is 0 Å². The molecule has 72 valence electrons. The van der Waals surface area contributed by atoms with Gasteiger partial charge in [-0.2, -0.15) is 0 Å². The third kappa shape index (κ3) is 1.72. The number of hydrogen-bond acceptors (Lipinski definition) is 4. The summed E-state index contributed by atoms with van der Waals surface area (Å²) >= 11 is 0. The first-order valence-corrected chi connectivity index (χ1v) is 4.59. The molecule has 0 amide bonds. The number of carbonyl (C=O) groups is 2.